The first-order chi connectivity index (χ1) is 14.2. The van der Waals surface area contributed by atoms with Crippen molar-refractivity contribution in [3.63, 3.8) is 0 Å². The minimum atomic E-state index is -0.361. The highest BCUT2D eigenvalue weighted by Crippen LogP contribution is 2.45. The predicted molar refractivity (Wildman–Crippen MR) is 114 cm³/mol. The van der Waals surface area contributed by atoms with Gasteiger partial charge in [0.15, 0.2) is 22.5 Å². The average Bonchev–Trinajstić information content (AvgIpc) is 3.40. The summed E-state index contributed by atoms with van der Waals surface area (Å²) in [6.45, 7) is 0. The highest BCUT2D eigenvalue weighted by atomic mass is 32.2. The molecular formula is C20H18FN5OS2. The lowest BCUT2D eigenvalue weighted by Crippen LogP contribution is -2.00. The van der Waals surface area contributed by atoms with Gasteiger partial charge in [0.1, 0.15) is 4.83 Å². The number of thioether (sulfide) groups is 1. The molecule has 0 atom stereocenters. The van der Waals surface area contributed by atoms with Crippen LogP contribution in [0.1, 0.15) is 24.4 Å². The van der Waals surface area contributed by atoms with Crippen LogP contribution in [-0.4, -0.2) is 26.9 Å². The number of nitrogen functional groups attached to an aromatic ring is 1. The molecule has 29 heavy (non-hydrogen) atoms. The fourth-order valence-electron chi connectivity index (χ4n) is 3.26. The van der Waals surface area contributed by atoms with Crippen LogP contribution >= 0.6 is 23.1 Å². The molecule has 0 spiro atoms. The topological polar surface area (TPSA) is 78.8 Å². The molecule has 0 bridgehead atoms. The van der Waals surface area contributed by atoms with Crippen molar-refractivity contribution in [1.82, 2.24) is 19.7 Å². The van der Waals surface area contributed by atoms with E-state index >= 15 is 0 Å². The first-order valence-electron chi connectivity index (χ1n) is 9.19. The third kappa shape index (κ3) is 3.34. The van der Waals surface area contributed by atoms with Crippen molar-refractivity contribution in [3.8, 4) is 16.5 Å². The van der Waals surface area contributed by atoms with Crippen LogP contribution in [0.25, 0.3) is 20.9 Å². The molecule has 3 heterocycles. The van der Waals surface area contributed by atoms with Gasteiger partial charge < -0.3 is 10.5 Å². The Hall–Kier alpha value is -2.65. The number of rotatable bonds is 6. The molecular weight excluding hydrogens is 409 g/mol. The van der Waals surface area contributed by atoms with E-state index in [2.05, 4.69) is 19.7 Å². The number of pyridine rings is 1. The summed E-state index contributed by atoms with van der Waals surface area (Å²) in [5.41, 5.74) is 7.97. The van der Waals surface area contributed by atoms with E-state index in [-0.39, 0.29) is 11.6 Å². The van der Waals surface area contributed by atoms with E-state index in [1.54, 1.807) is 24.0 Å². The maximum Gasteiger partial charge on any atom is 0.192 e. The van der Waals surface area contributed by atoms with Gasteiger partial charge in [-0.05, 0) is 42.7 Å². The molecule has 0 unspecified atom stereocenters. The number of benzene rings is 1. The second kappa shape index (κ2) is 7.31. The normalized spacial score (nSPS) is 13.9. The molecule has 0 aliphatic heterocycles. The van der Waals surface area contributed by atoms with E-state index in [0.29, 0.717) is 17.5 Å². The SMILES string of the molecule is COc1ccc(CSc2nnc(-c3sc4ncccc4c3N)n2C2CC2)cc1F. The second-order valence-electron chi connectivity index (χ2n) is 6.87. The van der Waals surface area contributed by atoms with Crippen molar-refractivity contribution in [2.24, 2.45) is 0 Å². The standard InChI is InChI=1S/C20H18FN5OS2/c1-27-15-7-4-11(9-14(15)21)10-28-20-25-24-18(26(20)12-5-6-12)17-16(22)13-3-2-8-23-19(13)29-17/h2-4,7-9,12H,5-6,10,22H2,1H3. The zero-order chi connectivity index (χ0) is 20.0. The van der Waals surface area contributed by atoms with Crippen LogP contribution < -0.4 is 10.5 Å². The summed E-state index contributed by atoms with van der Waals surface area (Å²) < 4.78 is 21.1. The minimum absolute atomic E-state index is 0.246. The number of anilines is 1. The number of nitrogens with two attached hydrogens (primary N) is 1. The van der Waals surface area contributed by atoms with E-state index in [0.717, 1.165) is 44.5 Å². The van der Waals surface area contributed by atoms with E-state index in [9.17, 15) is 4.39 Å². The largest absolute Gasteiger partial charge is 0.494 e. The minimum Gasteiger partial charge on any atom is -0.494 e. The van der Waals surface area contributed by atoms with Crippen LogP contribution in [0.15, 0.2) is 41.7 Å². The Morgan fingerprint density at radius 2 is 2.17 bits per heavy atom. The lowest BCUT2D eigenvalue weighted by Gasteiger charge is -2.09. The number of thiophene rings is 1. The van der Waals surface area contributed by atoms with Gasteiger partial charge >= 0.3 is 0 Å². The zero-order valence-corrected chi connectivity index (χ0v) is 17.3. The smallest absolute Gasteiger partial charge is 0.192 e. The highest BCUT2D eigenvalue weighted by Gasteiger charge is 2.31. The van der Waals surface area contributed by atoms with E-state index in [1.807, 2.05) is 18.2 Å². The highest BCUT2D eigenvalue weighted by molar-refractivity contribution is 7.98. The first-order valence-corrected chi connectivity index (χ1v) is 11.0. The van der Waals surface area contributed by atoms with Crippen LogP contribution in [0.4, 0.5) is 10.1 Å². The van der Waals surface area contributed by atoms with Crippen LogP contribution in [0.2, 0.25) is 0 Å². The summed E-state index contributed by atoms with van der Waals surface area (Å²) in [6.07, 6.45) is 3.96. The lowest BCUT2D eigenvalue weighted by molar-refractivity contribution is 0.386. The van der Waals surface area contributed by atoms with Crippen molar-refractivity contribution in [3.05, 3.63) is 47.9 Å². The lowest BCUT2D eigenvalue weighted by atomic mass is 10.2. The number of aromatic nitrogens is 4. The van der Waals surface area contributed by atoms with E-state index in [4.69, 9.17) is 10.5 Å². The van der Waals surface area contributed by atoms with Gasteiger partial charge in [-0.15, -0.1) is 21.5 Å². The Bertz CT molecular complexity index is 1200. The maximum atomic E-state index is 14.0. The van der Waals surface area contributed by atoms with E-state index < -0.39 is 0 Å². The zero-order valence-electron chi connectivity index (χ0n) is 15.6. The molecule has 9 heteroatoms. The molecule has 4 aromatic rings. The quantitative estimate of drug-likeness (QED) is 0.441. The molecule has 0 amide bonds. The second-order valence-corrected chi connectivity index (χ2v) is 8.81. The van der Waals surface area contributed by atoms with Crippen molar-refractivity contribution >= 4 is 39.0 Å². The van der Waals surface area contributed by atoms with Crippen molar-refractivity contribution in [2.45, 2.75) is 29.8 Å². The summed E-state index contributed by atoms with van der Waals surface area (Å²) in [4.78, 5) is 6.21. The Kier molecular flexibility index (Phi) is 4.63. The monoisotopic (exact) mass is 427 g/mol. The number of fused-ring (bicyclic) bond motifs is 1. The number of methoxy groups -OCH3 is 1. The number of hydrogen-bond acceptors (Lipinski definition) is 7. The summed E-state index contributed by atoms with van der Waals surface area (Å²) in [6, 6.07) is 9.25. The van der Waals surface area contributed by atoms with Gasteiger partial charge in [-0.1, -0.05) is 17.8 Å². The van der Waals surface area contributed by atoms with Gasteiger partial charge in [0.25, 0.3) is 0 Å². The molecule has 1 aliphatic rings. The van der Waals surface area contributed by atoms with Gasteiger partial charge in [-0.25, -0.2) is 9.37 Å². The summed E-state index contributed by atoms with van der Waals surface area (Å²) >= 11 is 3.09. The fourth-order valence-corrected chi connectivity index (χ4v) is 5.25. The van der Waals surface area contributed by atoms with Crippen LogP contribution in [0, 0.1) is 5.82 Å². The molecule has 1 aliphatic carbocycles. The van der Waals surface area contributed by atoms with Crippen molar-refractivity contribution in [1.29, 1.82) is 0 Å². The predicted octanol–water partition coefficient (Wildman–Crippen LogP) is 4.91. The Morgan fingerprint density at radius 3 is 2.90 bits per heavy atom. The molecule has 3 aromatic heterocycles. The van der Waals surface area contributed by atoms with Gasteiger partial charge in [0.05, 0.1) is 17.7 Å². The van der Waals surface area contributed by atoms with Crippen LogP contribution in [-0.2, 0) is 5.75 Å². The van der Waals surface area contributed by atoms with Gasteiger partial charge in [-0.3, -0.25) is 4.57 Å². The number of nitrogens with zero attached hydrogens (tertiary/aromatic N) is 4. The molecule has 1 saturated carbocycles. The third-order valence-corrected chi connectivity index (χ3v) is 7.01. The Labute approximate surface area is 174 Å². The van der Waals surface area contributed by atoms with Gasteiger partial charge in [0, 0.05) is 23.4 Å². The summed E-state index contributed by atoms with van der Waals surface area (Å²) in [5, 5.41) is 10.7. The van der Waals surface area contributed by atoms with Crippen molar-refractivity contribution < 1.29 is 9.13 Å². The van der Waals surface area contributed by atoms with Gasteiger partial charge in [-0.2, -0.15) is 0 Å². The third-order valence-electron chi connectivity index (χ3n) is 4.87. The molecule has 0 radical (unpaired) electrons. The average molecular weight is 428 g/mol. The Balaban J connectivity index is 1.47. The van der Waals surface area contributed by atoms with Crippen LogP contribution in [0.5, 0.6) is 5.75 Å². The summed E-state index contributed by atoms with van der Waals surface area (Å²) in [5.74, 6) is 1.27. The molecule has 148 valence electrons. The number of ether oxygens (including phenoxy) is 1. The van der Waals surface area contributed by atoms with Crippen LogP contribution in [0.3, 0.4) is 0 Å². The fraction of sp³-hybridized carbons (Fsp3) is 0.250. The molecule has 5 rings (SSSR count). The molecule has 6 nitrogen and oxygen atoms in total. The summed E-state index contributed by atoms with van der Waals surface area (Å²) in [7, 11) is 1.46. The maximum absolute atomic E-state index is 14.0. The number of halogens is 1. The van der Waals surface area contributed by atoms with Crippen molar-refractivity contribution in [2.75, 3.05) is 12.8 Å². The molecule has 2 N–H and O–H groups in total. The molecule has 1 aromatic carbocycles. The number of hydrogen-bond donors (Lipinski definition) is 1. The van der Waals surface area contributed by atoms with Gasteiger partial charge in [0.2, 0.25) is 0 Å². The first kappa shape index (κ1) is 18.4. The Morgan fingerprint density at radius 1 is 1.31 bits per heavy atom. The molecule has 1 fully saturated rings. The van der Waals surface area contributed by atoms with E-state index in [1.165, 1.54) is 24.5 Å². The molecule has 0 saturated heterocycles.